The zero-order valence-corrected chi connectivity index (χ0v) is 11.0. The molecule has 0 radical (unpaired) electrons. The summed E-state index contributed by atoms with van der Waals surface area (Å²) in [5.41, 5.74) is 0. The lowest BCUT2D eigenvalue weighted by atomic mass is 10.3. The van der Waals surface area contributed by atoms with Gasteiger partial charge in [-0.25, -0.2) is 4.79 Å². The molecule has 0 aromatic carbocycles. The van der Waals surface area contributed by atoms with Crippen LogP contribution in [0.1, 0.15) is 49.2 Å². The molecular weight excluding hydrogens is 248 g/mol. The van der Waals surface area contributed by atoms with Crippen LogP contribution >= 0.6 is 0 Å². The van der Waals surface area contributed by atoms with E-state index in [0.29, 0.717) is 11.5 Å². The van der Waals surface area contributed by atoms with E-state index in [1.54, 1.807) is 30.1 Å². The molecule has 6 heteroatoms. The molecule has 0 aliphatic heterocycles. The lowest BCUT2D eigenvalue weighted by molar-refractivity contribution is 0.0655. The van der Waals surface area contributed by atoms with Crippen molar-refractivity contribution in [2.75, 3.05) is 0 Å². The van der Waals surface area contributed by atoms with E-state index >= 15 is 0 Å². The fourth-order valence-electron chi connectivity index (χ4n) is 1.61. The van der Waals surface area contributed by atoms with Gasteiger partial charge in [-0.3, -0.25) is 4.68 Å². The number of aromatic carboxylic acids is 1. The standard InChI is InChI=1S/C13H16N2O4/c1-8(2)15-7-10(6-14-15)18-9(3)11-4-5-12(19-11)13(16)17/h4-9H,1-3H3,(H,16,17). The van der Waals surface area contributed by atoms with E-state index in [1.165, 1.54) is 6.07 Å². The maximum absolute atomic E-state index is 10.7. The normalized spacial score (nSPS) is 12.6. The van der Waals surface area contributed by atoms with Crippen LogP contribution < -0.4 is 4.74 Å². The van der Waals surface area contributed by atoms with Crippen molar-refractivity contribution < 1.29 is 19.1 Å². The number of hydrogen-bond donors (Lipinski definition) is 1. The second-order valence-corrected chi connectivity index (χ2v) is 4.52. The first-order valence-electron chi connectivity index (χ1n) is 6.01. The number of rotatable bonds is 5. The van der Waals surface area contributed by atoms with Gasteiger partial charge in [0.05, 0.1) is 12.4 Å². The van der Waals surface area contributed by atoms with Gasteiger partial charge in [-0.15, -0.1) is 0 Å². The van der Waals surface area contributed by atoms with E-state index in [0.717, 1.165) is 0 Å². The van der Waals surface area contributed by atoms with Crippen LogP contribution in [0.2, 0.25) is 0 Å². The summed E-state index contributed by atoms with van der Waals surface area (Å²) < 4.78 is 12.6. The Hall–Kier alpha value is -2.24. The smallest absolute Gasteiger partial charge is 0.371 e. The Morgan fingerprint density at radius 1 is 1.42 bits per heavy atom. The lowest BCUT2D eigenvalue weighted by Crippen LogP contribution is -2.02. The van der Waals surface area contributed by atoms with Crippen molar-refractivity contribution in [3.8, 4) is 5.75 Å². The molecule has 2 heterocycles. The molecule has 0 bridgehead atoms. The quantitative estimate of drug-likeness (QED) is 0.898. The summed E-state index contributed by atoms with van der Waals surface area (Å²) in [5.74, 6) is -0.0985. The third kappa shape index (κ3) is 2.96. The van der Waals surface area contributed by atoms with Crippen molar-refractivity contribution in [3.63, 3.8) is 0 Å². The van der Waals surface area contributed by atoms with Crippen LogP contribution in [0.5, 0.6) is 5.75 Å². The third-order valence-electron chi connectivity index (χ3n) is 2.66. The third-order valence-corrected chi connectivity index (χ3v) is 2.66. The minimum atomic E-state index is -1.09. The number of carboxylic acids is 1. The Morgan fingerprint density at radius 3 is 2.68 bits per heavy atom. The SMILES string of the molecule is CC(Oc1cnn(C(C)C)c1)c1ccc(C(=O)O)o1. The van der Waals surface area contributed by atoms with E-state index < -0.39 is 5.97 Å². The Labute approximate surface area is 110 Å². The Bertz CT molecular complexity index is 571. The Kier molecular flexibility index (Phi) is 3.59. The van der Waals surface area contributed by atoms with E-state index in [1.807, 2.05) is 13.8 Å². The van der Waals surface area contributed by atoms with Crippen LogP contribution in [0.25, 0.3) is 0 Å². The van der Waals surface area contributed by atoms with Gasteiger partial charge in [0.2, 0.25) is 5.76 Å². The summed E-state index contributed by atoms with van der Waals surface area (Å²) in [6.07, 6.45) is 3.04. The van der Waals surface area contributed by atoms with Crippen molar-refractivity contribution in [2.24, 2.45) is 0 Å². The van der Waals surface area contributed by atoms with Crippen LogP contribution in [0.4, 0.5) is 0 Å². The molecule has 0 aliphatic carbocycles. The zero-order valence-electron chi connectivity index (χ0n) is 11.0. The molecule has 1 N–H and O–H groups in total. The largest absolute Gasteiger partial charge is 0.479 e. The van der Waals surface area contributed by atoms with Crippen LogP contribution in [-0.4, -0.2) is 20.9 Å². The van der Waals surface area contributed by atoms with Crippen molar-refractivity contribution >= 4 is 5.97 Å². The first kappa shape index (κ1) is 13.2. The van der Waals surface area contributed by atoms with E-state index in [-0.39, 0.29) is 17.9 Å². The fraction of sp³-hybridized carbons (Fsp3) is 0.385. The van der Waals surface area contributed by atoms with Gasteiger partial charge in [-0.2, -0.15) is 5.10 Å². The highest BCUT2D eigenvalue weighted by molar-refractivity contribution is 5.84. The molecule has 1 atom stereocenters. The highest BCUT2D eigenvalue weighted by Crippen LogP contribution is 2.23. The molecule has 19 heavy (non-hydrogen) atoms. The molecule has 2 aromatic heterocycles. The molecule has 0 spiro atoms. The summed E-state index contributed by atoms with van der Waals surface area (Å²) in [7, 11) is 0. The summed E-state index contributed by atoms with van der Waals surface area (Å²) >= 11 is 0. The van der Waals surface area contributed by atoms with Gasteiger partial charge in [0.25, 0.3) is 0 Å². The van der Waals surface area contributed by atoms with Crippen LogP contribution in [0.15, 0.2) is 28.9 Å². The maximum atomic E-state index is 10.7. The molecule has 0 fully saturated rings. The van der Waals surface area contributed by atoms with Gasteiger partial charge in [-0.1, -0.05) is 0 Å². The monoisotopic (exact) mass is 264 g/mol. The molecule has 0 amide bonds. The van der Waals surface area contributed by atoms with Crippen molar-refractivity contribution in [1.29, 1.82) is 0 Å². The van der Waals surface area contributed by atoms with Gasteiger partial charge < -0.3 is 14.3 Å². The molecular formula is C13H16N2O4. The molecule has 0 saturated carbocycles. The van der Waals surface area contributed by atoms with Crippen LogP contribution in [0, 0.1) is 0 Å². The van der Waals surface area contributed by atoms with Crippen LogP contribution in [-0.2, 0) is 0 Å². The minimum Gasteiger partial charge on any atom is -0.479 e. The van der Waals surface area contributed by atoms with Crippen molar-refractivity contribution in [2.45, 2.75) is 32.9 Å². The molecule has 2 aromatic rings. The summed E-state index contributed by atoms with van der Waals surface area (Å²) in [6.45, 7) is 5.83. The topological polar surface area (TPSA) is 77.5 Å². The van der Waals surface area contributed by atoms with Crippen molar-refractivity contribution in [3.05, 3.63) is 36.0 Å². The van der Waals surface area contributed by atoms with Gasteiger partial charge in [-0.05, 0) is 32.9 Å². The van der Waals surface area contributed by atoms with Gasteiger partial charge in [0.15, 0.2) is 11.9 Å². The highest BCUT2D eigenvalue weighted by Gasteiger charge is 2.16. The summed E-state index contributed by atoms with van der Waals surface area (Å²) in [6, 6.07) is 3.27. The fourth-order valence-corrected chi connectivity index (χ4v) is 1.61. The molecule has 6 nitrogen and oxygen atoms in total. The molecule has 0 saturated heterocycles. The zero-order chi connectivity index (χ0) is 14.0. The van der Waals surface area contributed by atoms with Crippen LogP contribution in [0.3, 0.4) is 0 Å². The minimum absolute atomic E-state index is 0.0941. The second-order valence-electron chi connectivity index (χ2n) is 4.52. The molecule has 0 aliphatic rings. The average molecular weight is 264 g/mol. The van der Waals surface area contributed by atoms with E-state index in [2.05, 4.69) is 5.10 Å². The number of nitrogens with zero attached hydrogens (tertiary/aromatic N) is 2. The number of aromatic nitrogens is 2. The average Bonchev–Trinajstić information content (AvgIpc) is 2.96. The Morgan fingerprint density at radius 2 is 2.16 bits per heavy atom. The molecule has 2 rings (SSSR count). The number of hydrogen-bond acceptors (Lipinski definition) is 4. The van der Waals surface area contributed by atoms with Gasteiger partial charge in [0, 0.05) is 6.04 Å². The van der Waals surface area contributed by atoms with Gasteiger partial charge in [0.1, 0.15) is 5.76 Å². The second kappa shape index (κ2) is 5.17. The van der Waals surface area contributed by atoms with E-state index in [9.17, 15) is 4.79 Å². The highest BCUT2D eigenvalue weighted by atomic mass is 16.5. The maximum Gasteiger partial charge on any atom is 0.371 e. The number of carboxylic acid groups (broad SMARTS) is 1. The van der Waals surface area contributed by atoms with Crippen molar-refractivity contribution in [1.82, 2.24) is 9.78 Å². The van der Waals surface area contributed by atoms with E-state index in [4.69, 9.17) is 14.3 Å². The Balaban J connectivity index is 2.06. The summed E-state index contributed by atoms with van der Waals surface area (Å²) in [4.78, 5) is 10.7. The predicted molar refractivity (Wildman–Crippen MR) is 67.3 cm³/mol. The number of carbonyl (C=O) groups is 1. The number of furan rings is 1. The first-order valence-corrected chi connectivity index (χ1v) is 6.01. The predicted octanol–water partition coefficient (Wildman–Crippen LogP) is 2.90. The molecule has 1 unspecified atom stereocenters. The van der Waals surface area contributed by atoms with Gasteiger partial charge >= 0.3 is 5.97 Å². The molecule has 102 valence electrons. The number of ether oxygens (including phenoxy) is 1. The summed E-state index contributed by atoms with van der Waals surface area (Å²) in [5, 5.41) is 12.9. The lowest BCUT2D eigenvalue weighted by Gasteiger charge is -2.10. The first-order chi connectivity index (χ1) is 8.97.